The fourth-order valence-corrected chi connectivity index (χ4v) is 1.63. The van der Waals surface area contributed by atoms with Crippen molar-refractivity contribution in [3.8, 4) is 0 Å². The first-order valence-corrected chi connectivity index (χ1v) is 6.94. The summed E-state index contributed by atoms with van der Waals surface area (Å²) < 4.78 is 4.52. The Morgan fingerprint density at radius 3 is 2.17 bits per heavy atom. The van der Waals surface area contributed by atoms with Crippen LogP contribution in [0, 0.1) is 0 Å². The summed E-state index contributed by atoms with van der Waals surface area (Å²) >= 11 is 0. The third kappa shape index (κ3) is 11.4. The summed E-state index contributed by atoms with van der Waals surface area (Å²) in [5.41, 5.74) is 0. The molecule has 0 amide bonds. The highest BCUT2D eigenvalue weighted by atomic mass is 16.5. The normalized spacial score (nSPS) is 10.8. The fraction of sp³-hybridized carbons (Fsp3) is 0.733. The van der Waals surface area contributed by atoms with E-state index in [1.807, 2.05) is 0 Å². The highest BCUT2D eigenvalue weighted by molar-refractivity contribution is 5.79. The summed E-state index contributed by atoms with van der Waals surface area (Å²) in [5, 5.41) is 0. The van der Waals surface area contributed by atoms with Crippen LogP contribution in [0.15, 0.2) is 12.2 Å². The maximum atomic E-state index is 11.5. The molecule has 0 aliphatic heterocycles. The Morgan fingerprint density at radius 2 is 1.56 bits per heavy atom. The van der Waals surface area contributed by atoms with Gasteiger partial charge in [-0.15, -0.1) is 0 Å². The van der Waals surface area contributed by atoms with Gasteiger partial charge in [0.15, 0.2) is 0 Å². The van der Waals surface area contributed by atoms with Gasteiger partial charge in [0.05, 0.1) is 7.11 Å². The number of carbonyl (C=O) groups excluding carboxylic acids is 2. The van der Waals surface area contributed by atoms with E-state index >= 15 is 0 Å². The molecule has 0 radical (unpaired) electrons. The molecule has 0 aliphatic carbocycles. The lowest BCUT2D eigenvalue weighted by molar-refractivity contribution is -0.140. The molecule has 3 nitrogen and oxygen atoms in total. The largest absolute Gasteiger partial charge is 0.469 e. The van der Waals surface area contributed by atoms with Gasteiger partial charge in [0.1, 0.15) is 5.78 Å². The zero-order valence-corrected chi connectivity index (χ0v) is 11.7. The Labute approximate surface area is 111 Å². The molecule has 0 aromatic carbocycles. The van der Waals surface area contributed by atoms with Crippen molar-refractivity contribution in [2.75, 3.05) is 7.11 Å². The smallest absolute Gasteiger partial charge is 0.305 e. The molecule has 0 atom stereocenters. The standard InChI is InChI=1S/C15H26O3/c1-3-4-5-6-7-8-9-11-14(16)12-10-13-15(17)18-2/h6-7H,3-5,8-13H2,1-2H3. The maximum absolute atomic E-state index is 11.5. The van der Waals surface area contributed by atoms with E-state index in [9.17, 15) is 9.59 Å². The van der Waals surface area contributed by atoms with E-state index < -0.39 is 0 Å². The number of Topliss-reactive ketones (excluding diaryl/α,β-unsaturated/α-hetero) is 1. The number of rotatable bonds is 11. The number of ether oxygens (including phenoxy) is 1. The number of unbranched alkanes of at least 4 members (excludes halogenated alkanes) is 3. The molecule has 18 heavy (non-hydrogen) atoms. The zero-order chi connectivity index (χ0) is 13.6. The van der Waals surface area contributed by atoms with Gasteiger partial charge in [0.2, 0.25) is 0 Å². The second-order valence-corrected chi connectivity index (χ2v) is 4.47. The third-order valence-electron chi connectivity index (χ3n) is 2.78. The van der Waals surface area contributed by atoms with Crippen molar-refractivity contribution >= 4 is 11.8 Å². The number of esters is 1. The molecule has 0 heterocycles. The summed E-state index contributed by atoms with van der Waals surface area (Å²) in [6.07, 6.45) is 11.9. The summed E-state index contributed by atoms with van der Waals surface area (Å²) in [4.78, 5) is 22.3. The molecule has 0 aliphatic rings. The van der Waals surface area contributed by atoms with Crippen LogP contribution >= 0.6 is 0 Å². The van der Waals surface area contributed by atoms with Crippen LogP contribution in [0.1, 0.15) is 64.7 Å². The van der Waals surface area contributed by atoms with Gasteiger partial charge in [0.25, 0.3) is 0 Å². The number of hydrogen-bond donors (Lipinski definition) is 0. The van der Waals surface area contributed by atoms with E-state index in [1.54, 1.807) is 0 Å². The lowest BCUT2D eigenvalue weighted by Gasteiger charge is -1.99. The van der Waals surface area contributed by atoms with Crippen LogP contribution in [0.5, 0.6) is 0 Å². The van der Waals surface area contributed by atoms with Crippen LogP contribution in [0.4, 0.5) is 0 Å². The van der Waals surface area contributed by atoms with E-state index in [-0.39, 0.29) is 11.8 Å². The summed E-state index contributed by atoms with van der Waals surface area (Å²) in [6.45, 7) is 2.18. The topological polar surface area (TPSA) is 43.4 Å². The average molecular weight is 254 g/mol. The minimum absolute atomic E-state index is 0.235. The third-order valence-corrected chi connectivity index (χ3v) is 2.78. The molecule has 0 aromatic rings. The van der Waals surface area contributed by atoms with Gasteiger partial charge in [-0.05, 0) is 25.7 Å². The van der Waals surface area contributed by atoms with Crippen LogP contribution in [0.25, 0.3) is 0 Å². The molecule has 3 heteroatoms. The first kappa shape index (κ1) is 16.9. The second kappa shape index (κ2) is 12.3. The highest BCUT2D eigenvalue weighted by Gasteiger charge is 2.04. The number of methoxy groups -OCH3 is 1. The number of ketones is 1. The maximum Gasteiger partial charge on any atom is 0.305 e. The number of carbonyl (C=O) groups is 2. The first-order valence-electron chi connectivity index (χ1n) is 6.94. The molecule has 0 N–H and O–H groups in total. The van der Waals surface area contributed by atoms with E-state index in [0.29, 0.717) is 25.7 Å². The highest BCUT2D eigenvalue weighted by Crippen LogP contribution is 2.05. The van der Waals surface area contributed by atoms with Crippen LogP contribution in [0.2, 0.25) is 0 Å². The van der Waals surface area contributed by atoms with Gasteiger partial charge >= 0.3 is 5.97 Å². The Morgan fingerprint density at radius 1 is 0.944 bits per heavy atom. The second-order valence-electron chi connectivity index (χ2n) is 4.47. The molecule has 0 rings (SSSR count). The summed E-state index contributed by atoms with van der Waals surface area (Å²) in [7, 11) is 1.37. The monoisotopic (exact) mass is 254 g/mol. The molecule has 0 aromatic heterocycles. The minimum Gasteiger partial charge on any atom is -0.469 e. The lowest BCUT2D eigenvalue weighted by Crippen LogP contribution is -2.03. The van der Waals surface area contributed by atoms with Gasteiger partial charge in [0, 0.05) is 19.3 Å². The van der Waals surface area contributed by atoms with Gasteiger partial charge < -0.3 is 4.74 Å². The fourth-order valence-electron chi connectivity index (χ4n) is 1.63. The van der Waals surface area contributed by atoms with Crippen LogP contribution in [-0.2, 0) is 14.3 Å². The molecular formula is C15H26O3. The van der Waals surface area contributed by atoms with E-state index in [2.05, 4.69) is 23.8 Å². The van der Waals surface area contributed by atoms with Crippen LogP contribution in [-0.4, -0.2) is 18.9 Å². The first-order chi connectivity index (χ1) is 8.70. The SMILES string of the molecule is CCCCC=CCCCC(=O)CCCC(=O)OC. The molecule has 0 fully saturated rings. The van der Waals surface area contributed by atoms with Crippen molar-refractivity contribution in [2.45, 2.75) is 64.7 Å². The molecule has 104 valence electrons. The molecule has 0 spiro atoms. The van der Waals surface area contributed by atoms with E-state index in [4.69, 9.17) is 0 Å². The predicted octanol–water partition coefficient (Wildman–Crippen LogP) is 3.82. The van der Waals surface area contributed by atoms with Crippen molar-refractivity contribution in [1.29, 1.82) is 0 Å². The minimum atomic E-state index is -0.235. The Hall–Kier alpha value is -1.12. The van der Waals surface area contributed by atoms with Crippen molar-refractivity contribution in [2.24, 2.45) is 0 Å². The van der Waals surface area contributed by atoms with Crippen molar-refractivity contribution in [3.63, 3.8) is 0 Å². The van der Waals surface area contributed by atoms with Gasteiger partial charge in [-0.2, -0.15) is 0 Å². The van der Waals surface area contributed by atoms with Gasteiger partial charge in [-0.25, -0.2) is 0 Å². The molecule has 0 saturated carbocycles. The molecule has 0 saturated heterocycles. The number of allylic oxidation sites excluding steroid dienone is 2. The van der Waals surface area contributed by atoms with Crippen molar-refractivity contribution in [1.82, 2.24) is 0 Å². The Bertz CT molecular complexity index is 256. The summed E-state index contributed by atoms with van der Waals surface area (Å²) in [6, 6.07) is 0. The molecule has 0 unspecified atom stereocenters. The van der Waals surface area contributed by atoms with Crippen molar-refractivity contribution in [3.05, 3.63) is 12.2 Å². The zero-order valence-electron chi connectivity index (χ0n) is 11.7. The van der Waals surface area contributed by atoms with Crippen molar-refractivity contribution < 1.29 is 14.3 Å². The van der Waals surface area contributed by atoms with Crippen LogP contribution < -0.4 is 0 Å². The quantitative estimate of drug-likeness (QED) is 0.320. The molecular weight excluding hydrogens is 228 g/mol. The summed E-state index contributed by atoms with van der Waals surface area (Å²) in [5.74, 6) is 0.0162. The van der Waals surface area contributed by atoms with Gasteiger partial charge in [-0.3, -0.25) is 9.59 Å². The Balaban J connectivity index is 3.37. The Kier molecular flexibility index (Phi) is 11.6. The molecule has 0 bridgehead atoms. The van der Waals surface area contributed by atoms with Gasteiger partial charge in [-0.1, -0.05) is 31.9 Å². The average Bonchev–Trinajstić information content (AvgIpc) is 2.37. The number of hydrogen-bond acceptors (Lipinski definition) is 3. The van der Waals surface area contributed by atoms with E-state index in [1.165, 1.54) is 20.0 Å². The lowest BCUT2D eigenvalue weighted by atomic mass is 10.1. The predicted molar refractivity (Wildman–Crippen MR) is 73.4 cm³/mol. The van der Waals surface area contributed by atoms with Crippen LogP contribution in [0.3, 0.4) is 0 Å². The van der Waals surface area contributed by atoms with E-state index in [0.717, 1.165) is 19.3 Å².